The molecule has 4 rings (SSSR count). The lowest BCUT2D eigenvalue weighted by atomic mass is 10.0. The van der Waals surface area contributed by atoms with E-state index in [-0.39, 0.29) is 17.9 Å². The van der Waals surface area contributed by atoms with Gasteiger partial charge in [0.25, 0.3) is 11.8 Å². The Morgan fingerprint density at radius 3 is 2.09 bits per heavy atom. The van der Waals surface area contributed by atoms with Gasteiger partial charge in [-0.3, -0.25) is 9.59 Å². The summed E-state index contributed by atoms with van der Waals surface area (Å²) in [6.07, 6.45) is 1.50. The van der Waals surface area contributed by atoms with Crippen molar-refractivity contribution in [3.63, 3.8) is 0 Å². The molecule has 0 aliphatic carbocycles. The Morgan fingerprint density at radius 2 is 1.53 bits per heavy atom. The van der Waals surface area contributed by atoms with Gasteiger partial charge in [-0.2, -0.15) is 5.10 Å². The molecule has 0 spiro atoms. The van der Waals surface area contributed by atoms with Crippen molar-refractivity contribution in [1.82, 2.24) is 20.0 Å². The number of nitrogens with zero attached hydrogens (tertiary/aromatic N) is 3. The molecule has 166 valence electrons. The van der Waals surface area contributed by atoms with E-state index in [4.69, 9.17) is 0 Å². The van der Waals surface area contributed by atoms with Crippen molar-refractivity contribution < 1.29 is 9.59 Å². The summed E-state index contributed by atoms with van der Waals surface area (Å²) in [5.41, 5.74) is 5.33. The second-order valence-corrected chi connectivity index (χ2v) is 9.14. The van der Waals surface area contributed by atoms with E-state index in [2.05, 4.69) is 26.3 Å². The number of nitrogens with one attached hydrogen (secondary N) is 1. The lowest BCUT2D eigenvalue weighted by Crippen LogP contribution is -2.46. The number of piperidine rings is 1. The van der Waals surface area contributed by atoms with Crippen LogP contribution in [0.3, 0.4) is 0 Å². The molecule has 0 bridgehead atoms. The number of carbonyl (C=O) groups is 2. The van der Waals surface area contributed by atoms with Gasteiger partial charge < -0.3 is 10.2 Å². The fourth-order valence-corrected chi connectivity index (χ4v) is 4.25. The van der Waals surface area contributed by atoms with Crippen molar-refractivity contribution >= 4 is 27.7 Å². The zero-order valence-corrected chi connectivity index (χ0v) is 20.1. The first-order valence-electron chi connectivity index (χ1n) is 10.8. The Balaban J connectivity index is 1.33. The van der Waals surface area contributed by atoms with Crippen molar-refractivity contribution in [2.75, 3.05) is 13.1 Å². The van der Waals surface area contributed by atoms with Gasteiger partial charge in [0.05, 0.1) is 21.5 Å². The summed E-state index contributed by atoms with van der Waals surface area (Å²) in [6.45, 7) is 7.25. The van der Waals surface area contributed by atoms with Crippen molar-refractivity contribution in [3.8, 4) is 5.69 Å². The SMILES string of the molecule is Cc1ccc(C(=O)N2CCC(NC(=O)c3ccc(-n4nc(C)c(Br)c4C)cc3)CC2)cc1. The maximum Gasteiger partial charge on any atom is 0.253 e. The Kier molecular flexibility index (Phi) is 6.46. The van der Waals surface area contributed by atoms with Gasteiger partial charge in [-0.25, -0.2) is 4.68 Å². The quantitative estimate of drug-likeness (QED) is 0.576. The molecule has 0 radical (unpaired) electrons. The van der Waals surface area contributed by atoms with Gasteiger partial charge in [-0.05, 0) is 85.9 Å². The highest BCUT2D eigenvalue weighted by Crippen LogP contribution is 2.23. The van der Waals surface area contributed by atoms with E-state index in [1.165, 1.54) is 0 Å². The van der Waals surface area contributed by atoms with Crippen LogP contribution in [-0.4, -0.2) is 45.6 Å². The van der Waals surface area contributed by atoms with Crippen molar-refractivity contribution in [1.29, 1.82) is 0 Å². The van der Waals surface area contributed by atoms with Crippen LogP contribution in [0.4, 0.5) is 0 Å². The molecule has 2 heterocycles. The average molecular weight is 495 g/mol. The smallest absolute Gasteiger partial charge is 0.253 e. The van der Waals surface area contributed by atoms with Crippen molar-refractivity contribution in [3.05, 3.63) is 81.1 Å². The summed E-state index contributed by atoms with van der Waals surface area (Å²) in [6, 6.07) is 15.2. The molecule has 1 aliphatic heterocycles. The van der Waals surface area contributed by atoms with Crippen LogP contribution in [0.2, 0.25) is 0 Å². The zero-order valence-electron chi connectivity index (χ0n) is 18.6. The van der Waals surface area contributed by atoms with Gasteiger partial charge >= 0.3 is 0 Å². The molecule has 0 atom stereocenters. The Morgan fingerprint density at radius 1 is 0.938 bits per heavy atom. The minimum atomic E-state index is -0.0885. The monoisotopic (exact) mass is 494 g/mol. The van der Waals surface area contributed by atoms with Crippen LogP contribution >= 0.6 is 15.9 Å². The van der Waals surface area contributed by atoms with E-state index in [0.29, 0.717) is 24.2 Å². The van der Waals surface area contributed by atoms with Crippen LogP contribution in [0.15, 0.2) is 53.0 Å². The summed E-state index contributed by atoms with van der Waals surface area (Å²) in [4.78, 5) is 27.3. The summed E-state index contributed by atoms with van der Waals surface area (Å²) >= 11 is 3.55. The lowest BCUT2D eigenvalue weighted by molar-refractivity contribution is 0.0698. The van der Waals surface area contributed by atoms with Crippen molar-refractivity contribution in [2.45, 2.75) is 39.7 Å². The number of amides is 2. The number of hydrogen-bond acceptors (Lipinski definition) is 3. The molecule has 1 N–H and O–H groups in total. The third kappa shape index (κ3) is 4.63. The summed E-state index contributed by atoms with van der Waals surface area (Å²) in [7, 11) is 0. The van der Waals surface area contributed by atoms with E-state index in [1.807, 2.05) is 78.9 Å². The lowest BCUT2D eigenvalue weighted by Gasteiger charge is -2.32. The first-order valence-corrected chi connectivity index (χ1v) is 11.6. The molecule has 6 nitrogen and oxygen atoms in total. The number of likely N-dealkylation sites (tertiary alicyclic amines) is 1. The minimum Gasteiger partial charge on any atom is -0.349 e. The molecule has 32 heavy (non-hydrogen) atoms. The Labute approximate surface area is 196 Å². The van der Waals surface area contributed by atoms with Gasteiger partial charge in [-0.15, -0.1) is 0 Å². The number of aryl methyl sites for hydroxylation is 2. The predicted molar refractivity (Wildman–Crippen MR) is 128 cm³/mol. The summed E-state index contributed by atoms with van der Waals surface area (Å²) < 4.78 is 2.86. The van der Waals surface area contributed by atoms with Gasteiger partial charge in [0, 0.05) is 30.3 Å². The molecule has 2 amide bonds. The molecule has 1 aromatic heterocycles. The highest BCUT2D eigenvalue weighted by atomic mass is 79.9. The highest BCUT2D eigenvalue weighted by molar-refractivity contribution is 9.10. The van der Waals surface area contributed by atoms with Crippen LogP contribution in [-0.2, 0) is 0 Å². The number of aromatic nitrogens is 2. The van der Waals surface area contributed by atoms with E-state index in [0.717, 1.165) is 40.0 Å². The topological polar surface area (TPSA) is 67.2 Å². The summed E-state index contributed by atoms with van der Waals surface area (Å²) in [5.74, 6) is -0.0319. The molecule has 0 unspecified atom stereocenters. The Bertz CT molecular complexity index is 1130. The average Bonchev–Trinajstić information content (AvgIpc) is 3.07. The molecule has 1 aliphatic rings. The van der Waals surface area contributed by atoms with Gasteiger partial charge in [-0.1, -0.05) is 17.7 Å². The second kappa shape index (κ2) is 9.28. The molecule has 3 aromatic rings. The normalized spacial score (nSPS) is 14.4. The van der Waals surface area contributed by atoms with Gasteiger partial charge in [0.1, 0.15) is 0 Å². The maximum atomic E-state index is 12.7. The van der Waals surface area contributed by atoms with E-state index in [9.17, 15) is 9.59 Å². The third-order valence-electron chi connectivity index (χ3n) is 5.99. The zero-order chi connectivity index (χ0) is 22.8. The number of rotatable bonds is 4. The number of carbonyl (C=O) groups excluding carboxylic acids is 2. The third-order valence-corrected chi connectivity index (χ3v) is 7.14. The molecule has 0 saturated carbocycles. The summed E-state index contributed by atoms with van der Waals surface area (Å²) in [5, 5.41) is 7.65. The number of halogens is 1. The van der Waals surface area contributed by atoms with Crippen LogP contribution in [0.1, 0.15) is 50.5 Å². The van der Waals surface area contributed by atoms with Crippen molar-refractivity contribution in [2.24, 2.45) is 0 Å². The molecular weight excluding hydrogens is 468 g/mol. The highest BCUT2D eigenvalue weighted by Gasteiger charge is 2.25. The first-order chi connectivity index (χ1) is 15.3. The standard InChI is InChI=1S/C25H27BrN4O2/c1-16-4-6-20(7-5-16)25(32)29-14-12-21(13-15-29)27-24(31)19-8-10-22(11-9-19)30-18(3)23(26)17(2)28-30/h4-11,21H,12-15H2,1-3H3,(H,27,31). The van der Waals surface area contributed by atoms with Gasteiger partial charge in [0.2, 0.25) is 0 Å². The van der Waals surface area contributed by atoms with Gasteiger partial charge in [0.15, 0.2) is 0 Å². The fraction of sp³-hybridized carbons (Fsp3) is 0.320. The van der Waals surface area contributed by atoms with Crippen LogP contribution in [0.5, 0.6) is 0 Å². The maximum absolute atomic E-state index is 12.7. The minimum absolute atomic E-state index is 0.0566. The Hall–Kier alpha value is -2.93. The molecule has 1 fully saturated rings. The number of benzene rings is 2. The second-order valence-electron chi connectivity index (χ2n) is 8.35. The van der Waals surface area contributed by atoms with Crippen LogP contribution < -0.4 is 5.32 Å². The van der Waals surface area contributed by atoms with Crippen LogP contribution in [0.25, 0.3) is 5.69 Å². The van der Waals surface area contributed by atoms with E-state index in [1.54, 1.807) is 0 Å². The predicted octanol–water partition coefficient (Wildman–Crippen LogP) is 4.59. The molecule has 7 heteroatoms. The van der Waals surface area contributed by atoms with E-state index >= 15 is 0 Å². The molecule has 2 aromatic carbocycles. The van der Waals surface area contributed by atoms with Crippen LogP contribution in [0, 0.1) is 20.8 Å². The van der Waals surface area contributed by atoms with E-state index < -0.39 is 0 Å². The molecule has 1 saturated heterocycles. The number of hydrogen-bond donors (Lipinski definition) is 1. The molecular formula is C25H27BrN4O2. The fourth-order valence-electron chi connectivity index (χ4n) is 4.00. The largest absolute Gasteiger partial charge is 0.349 e. The first kappa shape index (κ1) is 22.3.